The van der Waals surface area contributed by atoms with E-state index in [1.165, 1.54) is 18.4 Å². The van der Waals surface area contributed by atoms with Crippen molar-refractivity contribution in [1.29, 1.82) is 0 Å². The Balaban J connectivity index is 1.90. The molecule has 0 saturated carbocycles. The van der Waals surface area contributed by atoms with Gasteiger partial charge in [-0.2, -0.15) is 13.2 Å². The molecule has 0 saturated heterocycles. The second-order valence-electron chi connectivity index (χ2n) is 5.42. The van der Waals surface area contributed by atoms with Gasteiger partial charge in [-0.05, 0) is 25.1 Å². The van der Waals surface area contributed by atoms with E-state index >= 15 is 0 Å². The minimum Gasteiger partial charge on any atom is -0.492 e. The summed E-state index contributed by atoms with van der Waals surface area (Å²) >= 11 is 0. The van der Waals surface area contributed by atoms with Gasteiger partial charge in [0.25, 0.3) is 5.91 Å². The van der Waals surface area contributed by atoms with E-state index in [0.717, 1.165) is 12.1 Å². The maximum absolute atomic E-state index is 12.6. The smallest absolute Gasteiger partial charge is 0.416 e. The molecule has 140 valence electrons. The van der Waals surface area contributed by atoms with E-state index in [4.69, 9.17) is 14.3 Å². The Hall–Kier alpha value is -2.97. The minimum absolute atomic E-state index is 0.0200. The molecule has 0 aliphatic carbocycles. The van der Waals surface area contributed by atoms with E-state index in [1.807, 2.05) is 0 Å². The van der Waals surface area contributed by atoms with Crippen LogP contribution in [-0.4, -0.2) is 30.1 Å². The second kappa shape index (κ2) is 7.94. The number of aliphatic carboxylic acids is 1. The lowest BCUT2D eigenvalue weighted by molar-refractivity contribution is -0.138. The molecule has 0 fully saturated rings. The van der Waals surface area contributed by atoms with Crippen LogP contribution in [0.4, 0.5) is 13.2 Å². The maximum atomic E-state index is 12.6. The van der Waals surface area contributed by atoms with E-state index in [2.05, 4.69) is 5.32 Å². The monoisotopic (exact) mass is 371 g/mol. The molecule has 1 aromatic heterocycles. The van der Waals surface area contributed by atoms with Gasteiger partial charge in [0, 0.05) is 5.56 Å². The molecule has 1 amide bonds. The first-order valence-corrected chi connectivity index (χ1v) is 7.55. The number of ether oxygens (including phenoxy) is 1. The first-order valence-electron chi connectivity index (χ1n) is 7.55. The van der Waals surface area contributed by atoms with Gasteiger partial charge >= 0.3 is 12.1 Å². The predicted molar refractivity (Wildman–Crippen MR) is 84.1 cm³/mol. The van der Waals surface area contributed by atoms with Crippen LogP contribution in [0.3, 0.4) is 0 Å². The van der Waals surface area contributed by atoms with Crippen molar-refractivity contribution >= 4 is 11.9 Å². The summed E-state index contributed by atoms with van der Waals surface area (Å²) in [5.41, 5.74) is -0.213. The number of halogens is 3. The van der Waals surface area contributed by atoms with Crippen LogP contribution in [0.1, 0.15) is 27.2 Å². The number of carbonyl (C=O) groups is 2. The maximum Gasteiger partial charge on any atom is 0.416 e. The highest BCUT2D eigenvalue weighted by Gasteiger charge is 2.30. The van der Waals surface area contributed by atoms with Gasteiger partial charge in [-0.15, -0.1) is 0 Å². The van der Waals surface area contributed by atoms with E-state index in [0.29, 0.717) is 5.56 Å². The number of hydrogen-bond acceptors (Lipinski definition) is 4. The summed E-state index contributed by atoms with van der Waals surface area (Å²) in [5, 5.41) is 11.3. The number of furan rings is 1. The van der Waals surface area contributed by atoms with Crippen LogP contribution in [0.2, 0.25) is 0 Å². The topological polar surface area (TPSA) is 88.8 Å². The molecular formula is C17H16F3NO5. The van der Waals surface area contributed by atoms with Crippen molar-refractivity contribution < 1.29 is 37.0 Å². The third kappa shape index (κ3) is 5.01. The van der Waals surface area contributed by atoms with Crippen LogP contribution in [0, 0.1) is 6.92 Å². The largest absolute Gasteiger partial charge is 0.492 e. The molecule has 0 atom stereocenters. The summed E-state index contributed by atoms with van der Waals surface area (Å²) in [5.74, 6) is -1.62. The predicted octanol–water partition coefficient (Wildman–Crippen LogP) is 3.04. The summed E-state index contributed by atoms with van der Waals surface area (Å²) in [6, 6.07) is 4.40. The molecule has 0 aliphatic heterocycles. The lowest BCUT2D eigenvalue weighted by Gasteiger charge is -2.11. The van der Waals surface area contributed by atoms with Gasteiger partial charge in [0.05, 0.1) is 23.9 Å². The van der Waals surface area contributed by atoms with Crippen molar-refractivity contribution in [3.05, 3.63) is 53.0 Å². The molecule has 1 heterocycles. The van der Waals surface area contributed by atoms with Gasteiger partial charge in [-0.3, -0.25) is 9.59 Å². The average molecular weight is 371 g/mol. The zero-order valence-corrected chi connectivity index (χ0v) is 13.7. The van der Waals surface area contributed by atoms with Gasteiger partial charge in [-0.1, -0.05) is 6.07 Å². The number of hydrogen-bond donors (Lipinski definition) is 2. The summed E-state index contributed by atoms with van der Waals surface area (Å²) in [7, 11) is 0. The molecule has 1 aromatic carbocycles. The molecule has 0 bridgehead atoms. The van der Waals surface area contributed by atoms with E-state index in [1.54, 1.807) is 6.92 Å². The quantitative estimate of drug-likeness (QED) is 0.731. The van der Waals surface area contributed by atoms with Crippen LogP contribution < -0.4 is 10.1 Å². The Morgan fingerprint density at radius 3 is 2.69 bits per heavy atom. The molecule has 6 nitrogen and oxygen atoms in total. The molecule has 9 heteroatoms. The van der Waals surface area contributed by atoms with E-state index in [-0.39, 0.29) is 30.2 Å². The van der Waals surface area contributed by atoms with Crippen molar-refractivity contribution in [2.75, 3.05) is 13.2 Å². The summed E-state index contributed by atoms with van der Waals surface area (Å²) in [4.78, 5) is 22.9. The third-order valence-electron chi connectivity index (χ3n) is 3.41. The normalized spacial score (nSPS) is 11.2. The number of rotatable bonds is 7. The Bertz CT molecular complexity index is 798. The number of aryl methyl sites for hydroxylation is 1. The van der Waals surface area contributed by atoms with Crippen LogP contribution in [0.15, 0.2) is 34.9 Å². The lowest BCUT2D eigenvalue weighted by Crippen LogP contribution is -2.29. The van der Waals surface area contributed by atoms with Gasteiger partial charge in [0.2, 0.25) is 0 Å². The van der Waals surface area contributed by atoms with Crippen LogP contribution in [0.5, 0.6) is 5.75 Å². The van der Waals surface area contributed by atoms with Crippen molar-refractivity contribution in [2.24, 2.45) is 0 Å². The van der Waals surface area contributed by atoms with Crippen molar-refractivity contribution in [3.63, 3.8) is 0 Å². The van der Waals surface area contributed by atoms with Gasteiger partial charge in [-0.25, -0.2) is 0 Å². The summed E-state index contributed by atoms with van der Waals surface area (Å²) in [6.07, 6.45) is -3.61. The molecule has 2 rings (SSSR count). The van der Waals surface area contributed by atoms with Gasteiger partial charge < -0.3 is 19.6 Å². The molecule has 0 unspecified atom stereocenters. The molecular weight excluding hydrogens is 355 g/mol. The van der Waals surface area contributed by atoms with Crippen molar-refractivity contribution in [3.8, 4) is 5.75 Å². The van der Waals surface area contributed by atoms with E-state index < -0.39 is 30.0 Å². The molecule has 0 radical (unpaired) electrons. The fourth-order valence-electron chi connectivity index (χ4n) is 2.25. The third-order valence-corrected chi connectivity index (χ3v) is 3.41. The van der Waals surface area contributed by atoms with Crippen molar-refractivity contribution in [2.45, 2.75) is 19.5 Å². The van der Waals surface area contributed by atoms with Gasteiger partial charge in [0.1, 0.15) is 24.5 Å². The molecule has 0 aliphatic rings. The van der Waals surface area contributed by atoms with Gasteiger partial charge in [0.15, 0.2) is 0 Å². The Labute approximate surface area is 146 Å². The summed E-state index contributed by atoms with van der Waals surface area (Å²) in [6.45, 7) is 1.56. The first-order chi connectivity index (χ1) is 12.2. The molecule has 26 heavy (non-hydrogen) atoms. The molecule has 2 N–H and O–H groups in total. The highest BCUT2D eigenvalue weighted by molar-refractivity contribution is 5.97. The number of benzene rings is 1. The lowest BCUT2D eigenvalue weighted by atomic mass is 10.1. The molecule has 2 aromatic rings. The first kappa shape index (κ1) is 19.4. The number of alkyl halides is 3. The Kier molecular flexibility index (Phi) is 5.91. The van der Waals surface area contributed by atoms with Crippen molar-refractivity contribution in [1.82, 2.24) is 5.32 Å². The number of amides is 1. The number of nitrogens with one attached hydrogen (secondary N) is 1. The molecule has 0 spiro atoms. The second-order valence-corrected chi connectivity index (χ2v) is 5.42. The van der Waals surface area contributed by atoms with Crippen LogP contribution >= 0.6 is 0 Å². The fourth-order valence-corrected chi connectivity index (χ4v) is 2.25. The van der Waals surface area contributed by atoms with Crippen LogP contribution in [0.25, 0.3) is 0 Å². The zero-order valence-electron chi connectivity index (χ0n) is 13.7. The SMILES string of the molecule is Cc1coc(CC(=O)O)c1C(=O)NCCOc1cccc(C(F)(F)F)c1. The minimum atomic E-state index is -4.47. The number of carbonyl (C=O) groups excluding carboxylic acids is 1. The standard InChI is InChI=1S/C17H16F3NO5/c1-10-9-26-13(8-14(22)23)15(10)16(24)21-5-6-25-12-4-2-3-11(7-12)17(18,19)20/h2-4,7,9H,5-6,8H2,1H3,(H,21,24)(H,22,23). The van der Waals surface area contributed by atoms with Crippen LogP contribution in [-0.2, 0) is 17.4 Å². The zero-order chi connectivity index (χ0) is 19.3. The summed E-state index contributed by atoms with van der Waals surface area (Å²) < 4.78 is 48.1. The Morgan fingerprint density at radius 1 is 1.31 bits per heavy atom. The number of carboxylic acids is 1. The average Bonchev–Trinajstić information content (AvgIpc) is 2.90. The number of carboxylic acid groups (broad SMARTS) is 1. The fraction of sp³-hybridized carbons (Fsp3) is 0.294. The Morgan fingerprint density at radius 2 is 2.04 bits per heavy atom. The highest BCUT2D eigenvalue weighted by Crippen LogP contribution is 2.31. The van der Waals surface area contributed by atoms with E-state index in [9.17, 15) is 22.8 Å². The highest BCUT2D eigenvalue weighted by atomic mass is 19.4.